The first-order valence-corrected chi connectivity index (χ1v) is 16.4. The molecule has 0 aliphatic rings. The number of ether oxygens (including phenoxy) is 2. The summed E-state index contributed by atoms with van der Waals surface area (Å²) in [6, 6.07) is 14.3. The second-order valence-electron chi connectivity index (χ2n) is 10.4. The highest BCUT2D eigenvalue weighted by Crippen LogP contribution is 2.34. The molecule has 0 radical (unpaired) electrons. The third-order valence-corrected chi connectivity index (χ3v) is 9.03. The standard InChI is InChI=1S/C32H29ClF2N4O4S2/c1-19(2)30(45(40)41)16-42-10-4-7-31-39-28(17-44-31)23-13-24-27(14-26(23)35)36-18-37-32(24)38-22-8-9-29(25(33)12-22)43-15-20-5-3-6-21(34)11-20/h3,5-6,8-9,11-14,17-19H,4,7,10,15-16H2,1-2H3,(H,36,37,38). The molecule has 0 aliphatic carbocycles. The van der Waals surface area contributed by atoms with E-state index < -0.39 is 16.1 Å². The van der Waals surface area contributed by atoms with Crippen molar-refractivity contribution in [2.45, 2.75) is 33.3 Å². The highest BCUT2D eigenvalue weighted by atomic mass is 35.5. The van der Waals surface area contributed by atoms with Gasteiger partial charge in [0.25, 0.3) is 0 Å². The molecule has 13 heteroatoms. The summed E-state index contributed by atoms with van der Waals surface area (Å²) in [6.07, 6.45) is 2.60. The van der Waals surface area contributed by atoms with Crippen LogP contribution in [0.4, 0.5) is 20.3 Å². The van der Waals surface area contributed by atoms with Crippen molar-refractivity contribution in [3.63, 3.8) is 0 Å². The van der Waals surface area contributed by atoms with E-state index in [0.29, 0.717) is 74.3 Å². The van der Waals surface area contributed by atoms with E-state index in [-0.39, 0.29) is 24.9 Å². The molecule has 0 saturated heterocycles. The lowest BCUT2D eigenvalue weighted by Gasteiger charge is -2.12. The molecule has 0 amide bonds. The van der Waals surface area contributed by atoms with E-state index in [1.807, 2.05) is 13.8 Å². The molecule has 0 atom stereocenters. The molecule has 0 unspecified atom stereocenters. The van der Waals surface area contributed by atoms with E-state index in [2.05, 4.69) is 20.3 Å². The normalized spacial score (nSPS) is 11.2. The molecule has 2 aromatic heterocycles. The Bertz CT molecular complexity index is 1960. The summed E-state index contributed by atoms with van der Waals surface area (Å²) in [4.78, 5) is 13.6. The molecule has 1 N–H and O–H groups in total. The van der Waals surface area contributed by atoms with Gasteiger partial charge in [-0.2, -0.15) is 8.42 Å². The van der Waals surface area contributed by atoms with Crippen molar-refractivity contribution in [1.82, 2.24) is 15.0 Å². The van der Waals surface area contributed by atoms with Crippen LogP contribution in [0.15, 0.2) is 66.3 Å². The number of aromatic nitrogens is 3. The number of thiazole rings is 1. The molecular formula is C32H29ClF2N4O4S2. The fraction of sp³-hybridized carbons (Fsp3) is 0.250. The molecule has 45 heavy (non-hydrogen) atoms. The van der Waals surface area contributed by atoms with Gasteiger partial charge in [-0.25, -0.2) is 23.7 Å². The SMILES string of the molecule is CC(C)C(COCCCc1nc(-c2cc3c(Nc4ccc(OCc5cccc(F)c5)c(Cl)c4)ncnc3cc2F)cs1)=S(=O)=O. The lowest BCUT2D eigenvalue weighted by Crippen LogP contribution is -2.17. The monoisotopic (exact) mass is 670 g/mol. The van der Waals surface area contributed by atoms with E-state index in [9.17, 15) is 12.8 Å². The van der Waals surface area contributed by atoms with Gasteiger partial charge < -0.3 is 14.8 Å². The van der Waals surface area contributed by atoms with E-state index in [1.165, 1.54) is 35.9 Å². The van der Waals surface area contributed by atoms with Crippen LogP contribution in [0.25, 0.3) is 22.2 Å². The Labute approximate surface area is 269 Å². The van der Waals surface area contributed by atoms with Crippen molar-refractivity contribution in [1.29, 1.82) is 0 Å². The van der Waals surface area contributed by atoms with Crippen LogP contribution in [0.2, 0.25) is 5.02 Å². The summed E-state index contributed by atoms with van der Waals surface area (Å²) in [5.74, 6) is -0.0218. The minimum atomic E-state index is -2.27. The molecule has 5 aromatic rings. The van der Waals surface area contributed by atoms with Gasteiger partial charge in [-0.05, 0) is 54.3 Å². The molecule has 0 aliphatic heterocycles. The third kappa shape index (κ3) is 8.40. The number of aryl methyl sites for hydroxylation is 1. The van der Waals surface area contributed by atoms with Crippen LogP contribution >= 0.6 is 22.9 Å². The van der Waals surface area contributed by atoms with Gasteiger partial charge in [0, 0.05) is 41.1 Å². The Balaban J connectivity index is 1.26. The highest BCUT2D eigenvalue weighted by Gasteiger charge is 2.15. The Morgan fingerprint density at radius 2 is 1.93 bits per heavy atom. The van der Waals surface area contributed by atoms with Crippen molar-refractivity contribution in [3.05, 3.63) is 93.5 Å². The maximum atomic E-state index is 15.2. The lowest BCUT2D eigenvalue weighted by molar-refractivity contribution is 0.168. The van der Waals surface area contributed by atoms with Crippen molar-refractivity contribution in [2.24, 2.45) is 5.92 Å². The van der Waals surface area contributed by atoms with Crippen LogP contribution in [-0.2, 0) is 28.1 Å². The maximum absolute atomic E-state index is 15.2. The fourth-order valence-corrected chi connectivity index (χ4v) is 6.09. The molecule has 8 nitrogen and oxygen atoms in total. The van der Waals surface area contributed by atoms with Gasteiger partial charge >= 0.3 is 0 Å². The molecular weight excluding hydrogens is 642 g/mol. The summed E-state index contributed by atoms with van der Waals surface area (Å²) in [7, 11) is -2.27. The minimum absolute atomic E-state index is 0.0678. The minimum Gasteiger partial charge on any atom is -0.487 e. The number of anilines is 2. The number of hydrogen-bond donors (Lipinski definition) is 1. The van der Waals surface area contributed by atoms with Crippen LogP contribution in [0.3, 0.4) is 0 Å². The van der Waals surface area contributed by atoms with Gasteiger partial charge in [-0.1, -0.05) is 37.6 Å². The van der Waals surface area contributed by atoms with Crippen molar-refractivity contribution >= 4 is 60.5 Å². The number of nitrogens with zero attached hydrogens (tertiary/aromatic N) is 3. The molecule has 0 saturated carbocycles. The smallest absolute Gasteiger partial charge is 0.215 e. The Morgan fingerprint density at radius 3 is 2.69 bits per heavy atom. The van der Waals surface area contributed by atoms with E-state index in [0.717, 1.165) is 5.01 Å². The van der Waals surface area contributed by atoms with Crippen LogP contribution < -0.4 is 10.1 Å². The zero-order valence-electron chi connectivity index (χ0n) is 24.4. The van der Waals surface area contributed by atoms with Crippen LogP contribution in [0.1, 0.15) is 30.8 Å². The largest absolute Gasteiger partial charge is 0.487 e. The van der Waals surface area contributed by atoms with Crippen LogP contribution in [-0.4, -0.2) is 41.4 Å². The number of benzene rings is 3. The lowest BCUT2D eigenvalue weighted by atomic mass is 10.1. The number of halogens is 3. The maximum Gasteiger partial charge on any atom is 0.215 e. The van der Waals surface area contributed by atoms with Crippen molar-refractivity contribution < 1.29 is 26.7 Å². The van der Waals surface area contributed by atoms with Crippen molar-refractivity contribution in [2.75, 3.05) is 18.5 Å². The van der Waals surface area contributed by atoms with Gasteiger partial charge in [0.15, 0.2) is 0 Å². The second-order valence-corrected chi connectivity index (χ2v) is 12.7. The zero-order chi connectivity index (χ0) is 31.9. The number of rotatable bonds is 13. The topological polar surface area (TPSA) is 103 Å². The molecule has 3 aromatic carbocycles. The summed E-state index contributed by atoms with van der Waals surface area (Å²) < 4.78 is 62.6. The molecule has 0 spiro atoms. The van der Waals surface area contributed by atoms with Gasteiger partial charge in [-0.3, -0.25) is 0 Å². The van der Waals surface area contributed by atoms with E-state index in [1.54, 1.807) is 41.8 Å². The first-order chi connectivity index (χ1) is 21.7. The average molecular weight is 671 g/mol. The summed E-state index contributed by atoms with van der Waals surface area (Å²) in [6.45, 7) is 4.22. The van der Waals surface area contributed by atoms with E-state index in [4.69, 9.17) is 21.1 Å². The molecule has 0 bridgehead atoms. The molecule has 234 valence electrons. The predicted molar refractivity (Wildman–Crippen MR) is 174 cm³/mol. The Morgan fingerprint density at radius 1 is 1.09 bits per heavy atom. The summed E-state index contributed by atoms with van der Waals surface area (Å²) in [5.41, 5.74) is 2.52. The van der Waals surface area contributed by atoms with Gasteiger partial charge in [0.05, 0.1) is 32.7 Å². The Hall–Kier alpha value is -3.97. The van der Waals surface area contributed by atoms with Crippen molar-refractivity contribution in [3.8, 4) is 17.0 Å². The predicted octanol–water partition coefficient (Wildman–Crippen LogP) is 7.66. The summed E-state index contributed by atoms with van der Waals surface area (Å²) >= 11 is 7.89. The van der Waals surface area contributed by atoms with Crippen LogP contribution in [0, 0.1) is 17.6 Å². The molecule has 5 rings (SSSR count). The quantitative estimate of drug-likeness (QED) is 0.101. The zero-order valence-corrected chi connectivity index (χ0v) is 26.8. The molecule has 0 fully saturated rings. The van der Waals surface area contributed by atoms with Gasteiger partial charge in [-0.15, -0.1) is 11.3 Å². The van der Waals surface area contributed by atoms with E-state index >= 15 is 4.39 Å². The fourth-order valence-electron chi connectivity index (χ4n) is 4.45. The third-order valence-electron chi connectivity index (χ3n) is 6.81. The molecule has 2 heterocycles. The van der Waals surface area contributed by atoms with Crippen LogP contribution in [0.5, 0.6) is 5.75 Å². The first kappa shape index (κ1) is 32.4. The van der Waals surface area contributed by atoms with Gasteiger partial charge in [0.1, 0.15) is 36.1 Å². The Kier molecular flexibility index (Phi) is 10.7. The second kappa shape index (κ2) is 14.9. The summed E-state index contributed by atoms with van der Waals surface area (Å²) in [5, 5.41) is 6.77. The van der Waals surface area contributed by atoms with Gasteiger partial charge in [0.2, 0.25) is 10.3 Å². The number of hydrogen-bond acceptors (Lipinski definition) is 9. The average Bonchev–Trinajstić information content (AvgIpc) is 3.46. The number of nitrogens with one attached hydrogen (secondary N) is 1. The number of fused-ring (bicyclic) bond motifs is 1. The highest BCUT2D eigenvalue weighted by molar-refractivity contribution is 7.73. The first-order valence-electron chi connectivity index (χ1n) is 14.0.